The van der Waals surface area contributed by atoms with Gasteiger partial charge in [-0.15, -0.1) is 0 Å². The third-order valence-electron chi connectivity index (χ3n) is 7.39. The van der Waals surface area contributed by atoms with Crippen molar-refractivity contribution >= 4 is 18.0 Å². The molecule has 0 aliphatic heterocycles. The van der Waals surface area contributed by atoms with Gasteiger partial charge >= 0.3 is 12.1 Å². The maximum atomic E-state index is 12.7. The first kappa shape index (κ1) is 21.5. The van der Waals surface area contributed by atoms with Crippen molar-refractivity contribution < 1.29 is 24.2 Å². The van der Waals surface area contributed by atoms with Crippen molar-refractivity contribution in [3.05, 3.63) is 59.7 Å². The molecule has 0 saturated heterocycles. The third-order valence-corrected chi connectivity index (χ3v) is 7.39. The van der Waals surface area contributed by atoms with Crippen LogP contribution in [0.3, 0.4) is 0 Å². The molecule has 0 heterocycles. The molecule has 0 spiro atoms. The maximum Gasteiger partial charge on any atom is 0.407 e. The molecule has 2 aromatic carbocycles. The number of nitrogens with one attached hydrogen (secondary N) is 2. The lowest BCUT2D eigenvalue weighted by atomic mass is 9.98. The lowest BCUT2D eigenvalue weighted by Crippen LogP contribution is -2.41. The zero-order valence-corrected chi connectivity index (χ0v) is 18.5. The first-order chi connectivity index (χ1) is 15.9. The van der Waals surface area contributed by atoms with E-state index >= 15 is 0 Å². The second-order valence-corrected chi connectivity index (χ2v) is 9.64. The van der Waals surface area contributed by atoms with Gasteiger partial charge in [0.25, 0.3) is 0 Å². The molecule has 33 heavy (non-hydrogen) atoms. The van der Waals surface area contributed by atoms with Gasteiger partial charge in [0, 0.05) is 18.0 Å². The summed E-state index contributed by atoms with van der Waals surface area (Å²) in [5, 5.41) is 14.7. The van der Waals surface area contributed by atoms with E-state index in [1.807, 2.05) is 24.3 Å². The molecule has 5 rings (SSSR count). The molecule has 0 bridgehead atoms. The van der Waals surface area contributed by atoms with Crippen LogP contribution in [0.2, 0.25) is 0 Å². The van der Waals surface area contributed by atoms with E-state index in [1.165, 1.54) is 22.3 Å². The summed E-state index contributed by atoms with van der Waals surface area (Å²) >= 11 is 0. The molecule has 0 unspecified atom stereocenters. The van der Waals surface area contributed by atoms with Gasteiger partial charge in [0.15, 0.2) is 0 Å². The first-order valence-corrected chi connectivity index (χ1v) is 11.5. The summed E-state index contributed by atoms with van der Waals surface area (Å²) in [6.07, 6.45) is 1.53. The molecule has 2 aromatic rings. The lowest BCUT2D eigenvalue weighted by Gasteiger charge is -2.20. The Hall–Kier alpha value is -3.35. The van der Waals surface area contributed by atoms with Crippen LogP contribution in [-0.4, -0.2) is 41.8 Å². The molecule has 7 nitrogen and oxygen atoms in total. The number of hydrogen-bond acceptors (Lipinski definition) is 4. The molecular weight excluding hydrogens is 420 g/mol. The summed E-state index contributed by atoms with van der Waals surface area (Å²) in [6, 6.07) is 15.9. The summed E-state index contributed by atoms with van der Waals surface area (Å²) in [6.45, 7) is 1.95. The normalized spacial score (nSPS) is 25.4. The van der Waals surface area contributed by atoms with E-state index in [2.05, 4.69) is 34.9 Å². The van der Waals surface area contributed by atoms with E-state index in [0.29, 0.717) is 6.42 Å². The number of benzene rings is 2. The average Bonchev–Trinajstić information content (AvgIpc) is 3.20. The predicted molar refractivity (Wildman–Crippen MR) is 122 cm³/mol. The highest BCUT2D eigenvalue weighted by Gasteiger charge is 2.65. The number of fused-ring (bicyclic) bond motifs is 4. The molecule has 0 radical (unpaired) electrons. The van der Waals surface area contributed by atoms with Crippen LogP contribution in [-0.2, 0) is 14.3 Å². The molecule has 3 N–H and O–H groups in total. The Morgan fingerprint density at radius 1 is 1.06 bits per heavy atom. The molecular formula is C26H28N2O5. The van der Waals surface area contributed by atoms with Crippen LogP contribution in [0.1, 0.15) is 49.7 Å². The highest BCUT2D eigenvalue weighted by molar-refractivity contribution is 5.87. The number of alkyl carbamates (subject to hydrolysis) is 1. The summed E-state index contributed by atoms with van der Waals surface area (Å²) in [5.74, 6) is -0.798. The van der Waals surface area contributed by atoms with Crippen molar-refractivity contribution in [2.75, 3.05) is 6.61 Å². The van der Waals surface area contributed by atoms with Crippen LogP contribution in [0.15, 0.2) is 48.5 Å². The van der Waals surface area contributed by atoms with Crippen molar-refractivity contribution in [2.24, 2.45) is 11.3 Å². The lowest BCUT2D eigenvalue weighted by molar-refractivity contribution is -0.137. The van der Waals surface area contributed by atoms with Gasteiger partial charge in [-0.05, 0) is 54.4 Å². The number of carbonyl (C=O) groups excluding carboxylic acids is 2. The summed E-state index contributed by atoms with van der Waals surface area (Å²) in [7, 11) is 0. The van der Waals surface area contributed by atoms with Crippen LogP contribution in [0.25, 0.3) is 11.1 Å². The monoisotopic (exact) mass is 448 g/mol. The van der Waals surface area contributed by atoms with Crippen molar-refractivity contribution in [1.82, 2.24) is 10.6 Å². The Kier molecular flexibility index (Phi) is 5.35. The number of ether oxygens (including phenoxy) is 1. The zero-order chi connectivity index (χ0) is 23.2. The van der Waals surface area contributed by atoms with Crippen LogP contribution in [0, 0.1) is 11.3 Å². The number of carbonyl (C=O) groups is 3. The molecule has 3 aliphatic carbocycles. The quantitative estimate of drug-likeness (QED) is 0.599. The van der Waals surface area contributed by atoms with Gasteiger partial charge in [-0.1, -0.05) is 48.5 Å². The summed E-state index contributed by atoms with van der Waals surface area (Å²) < 4.78 is 5.64. The number of aliphatic carboxylic acids is 1. The molecule has 4 atom stereocenters. The van der Waals surface area contributed by atoms with Crippen LogP contribution >= 0.6 is 0 Å². The predicted octanol–water partition coefficient (Wildman–Crippen LogP) is 3.67. The van der Waals surface area contributed by atoms with Gasteiger partial charge in [0.1, 0.15) is 6.61 Å². The Morgan fingerprint density at radius 3 is 2.33 bits per heavy atom. The van der Waals surface area contributed by atoms with Gasteiger partial charge in [-0.25, -0.2) is 4.79 Å². The standard InChI is InChI=1S/C26H28N2O5/c1-15(10-23(29)30)27-24(31)26-12-16(26)11-17(13-26)28-25(32)33-14-22-20-8-4-2-6-18(20)19-7-3-5-9-21(19)22/h2-9,15-17,22H,10-14H2,1H3,(H,27,31)(H,28,32)(H,29,30)/t15-,16-,17+,26+/m0/s1. The second kappa shape index (κ2) is 8.21. The minimum absolute atomic E-state index is 0.00738. The van der Waals surface area contributed by atoms with Gasteiger partial charge in [0.2, 0.25) is 5.91 Å². The van der Waals surface area contributed by atoms with E-state index in [9.17, 15) is 14.4 Å². The number of amides is 2. The largest absolute Gasteiger partial charge is 0.481 e. The van der Waals surface area contributed by atoms with Crippen LogP contribution in [0.5, 0.6) is 0 Å². The molecule has 172 valence electrons. The molecule has 2 saturated carbocycles. The fourth-order valence-corrected chi connectivity index (χ4v) is 5.77. The molecule has 7 heteroatoms. The molecule has 3 aliphatic rings. The first-order valence-electron chi connectivity index (χ1n) is 11.5. The summed E-state index contributed by atoms with van der Waals surface area (Å²) in [5.41, 5.74) is 4.22. The third kappa shape index (κ3) is 3.96. The van der Waals surface area contributed by atoms with E-state index < -0.39 is 23.5 Å². The fraction of sp³-hybridized carbons (Fsp3) is 0.423. The van der Waals surface area contributed by atoms with Crippen molar-refractivity contribution in [3.8, 4) is 11.1 Å². The number of carboxylic acid groups (broad SMARTS) is 1. The van der Waals surface area contributed by atoms with Gasteiger partial charge in [0.05, 0.1) is 11.8 Å². The van der Waals surface area contributed by atoms with Gasteiger partial charge in [-0.2, -0.15) is 0 Å². The number of hydrogen-bond donors (Lipinski definition) is 3. The number of rotatable bonds is 7. The summed E-state index contributed by atoms with van der Waals surface area (Å²) in [4.78, 5) is 36.1. The molecule has 2 amide bonds. The van der Waals surface area contributed by atoms with E-state index in [1.54, 1.807) is 6.92 Å². The molecule has 0 aromatic heterocycles. The Bertz CT molecular complexity index is 1070. The SMILES string of the molecule is C[C@@H](CC(=O)O)NC(=O)[C@]12C[C@H](NC(=O)OCC3c4ccccc4-c4ccccc43)C[C@H]1C2. The van der Waals surface area contributed by atoms with Crippen molar-refractivity contribution in [2.45, 2.75) is 50.6 Å². The molecule has 2 fully saturated rings. The van der Waals surface area contributed by atoms with E-state index in [-0.39, 0.29) is 36.8 Å². The van der Waals surface area contributed by atoms with Crippen molar-refractivity contribution in [3.63, 3.8) is 0 Å². The van der Waals surface area contributed by atoms with Crippen molar-refractivity contribution in [1.29, 1.82) is 0 Å². The van der Waals surface area contributed by atoms with Crippen LogP contribution < -0.4 is 10.6 Å². The van der Waals surface area contributed by atoms with Gasteiger partial charge in [-0.3, -0.25) is 9.59 Å². The minimum atomic E-state index is -0.936. The second-order valence-electron chi connectivity index (χ2n) is 9.64. The zero-order valence-electron chi connectivity index (χ0n) is 18.5. The maximum absolute atomic E-state index is 12.7. The van der Waals surface area contributed by atoms with E-state index in [4.69, 9.17) is 9.84 Å². The highest BCUT2D eigenvalue weighted by Crippen LogP contribution is 2.63. The number of carboxylic acids is 1. The van der Waals surface area contributed by atoms with Gasteiger partial charge < -0.3 is 20.5 Å². The van der Waals surface area contributed by atoms with Crippen LogP contribution in [0.4, 0.5) is 4.79 Å². The minimum Gasteiger partial charge on any atom is -0.481 e. The topological polar surface area (TPSA) is 105 Å². The fourth-order valence-electron chi connectivity index (χ4n) is 5.77. The Balaban J connectivity index is 1.16. The Morgan fingerprint density at radius 2 is 1.70 bits per heavy atom. The highest BCUT2D eigenvalue weighted by atomic mass is 16.5. The Labute approximate surface area is 192 Å². The average molecular weight is 449 g/mol. The smallest absolute Gasteiger partial charge is 0.407 e. The van der Waals surface area contributed by atoms with E-state index in [0.717, 1.165) is 12.8 Å².